The molecule has 0 bridgehead atoms. The Kier molecular flexibility index (Phi) is 2.29. The number of rotatable bonds is 1. The lowest BCUT2D eigenvalue weighted by atomic mass is 10.7. The standard InChI is InChI=1S/C4H6FN/c1-3-4(5)6-2/h3H,1H2,2H3. The van der Waals surface area contributed by atoms with Crippen LogP contribution in [-0.2, 0) is 0 Å². The third kappa shape index (κ3) is 1.64. The van der Waals surface area contributed by atoms with E-state index in [1.807, 2.05) is 0 Å². The van der Waals surface area contributed by atoms with E-state index >= 15 is 0 Å². The topological polar surface area (TPSA) is 12.4 Å². The molecule has 0 spiro atoms. The highest BCUT2D eigenvalue weighted by Crippen LogP contribution is 1.74. The molecule has 6 heavy (non-hydrogen) atoms. The Labute approximate surface area is 36.2 Å². The summed E-state index contributed by atoms with van der Waals surface area (Å²) >= 11 is 0. The van der Waals surface area contributed by atoms with Gasteiger partial charge in [0.1, 0.15) is 0 Å². The zero-order valence-electron chi connectivity index (χ0n) is 3.61. The second kappa shape index (κ2) is 2.57. The maximum Gasteiger partial charge on any atom is 0.207 e. The molecule has 1 nitrogen and oxygen atoms in total. The first-order valence-corrected chi connectivity index (χ1v) is 1.56. The molecular formula is C4H6FN. The summed E-state index contributed by atoms with van der Waals surface area (Å²) in [5.41, 5.74) is 0. The van der Waals surface area contributed by atoms with Crippen molar-refractivity contribution in [3.05, 3.63) is 12.7 Å². The molecule has 34 valence electrons. The van der Waals surface area contributed by atoms with Gasteiger partial charge in [-0.15, -0.1) is 0 Å². The van der Waals surface area contributed by atoms with E-state index < -0.39 is 5.97 Å². The van der Waals surface area contributed by atoms with Gasteiger partial charge in [0.2, 0.25) is 5.97 Å². The van der Waals surface area contributed by atoms with Crippen molar-refractivity contribution in [3.8, 4) is 0 Å². The maximum absolute atomic E-state index is 11.5. The Morgan fingerprint density at radius 2 is 2.50 bits per heavy atom. The fraction of sp³-hybridized carbons (Fsp3) is 0.250. The molecule has 0 rings (SSSR count). The van der Waals surface area contributed by atoms with Gasteiger partial charge in [-0.05, 0) is 6.08 Å². The van der Waals surface area contributed by atoms with E-state index in [9.17, 15) is 4.39 Å². The summed E-state index contributed by atoms with van der Waals surface area (Å²) in [5, 5.41) is 0. The molecule has 0 aliphatic carbocycles. The zero-order valence-corrected chi connectivity index (χ0v) is 3.61. The van der Waals surface area contributed by atoms with Crippen LogP contribution in [0.15, 0.2) is 17.6 Å². The van der Waals surface area contributed by atoms with Crippen LogP contribution in [-0.4, -0.2) is 13.0 Å². The Balaban J connectivity index is 3.50. The number of hydrogen-bond acceptors (Lipinski definition) is 1. The van der Waals surface area contributed by atoms with Gasteiger partial charge in [0, 0.05) is 7.05 Å². The molecule has 0 aromatic heterocycles. The highest BCUT2D eigenvalue weighted by Gasteiger charge is 1.75. The summed E-state index contributed by atoms with van der Waals surface area (Å²) in [6, 6.07) is 0. The second-order valence-corrected chi connectivity index (χ2v) is 0.750. The van der Waals surface area contributed by atoms with E-state index in [-0.39, 0.29) is 0 Å². The number of nitrogens with zero attached hydrogens (tertiary/aromatic N) is 1. The van der Waals surface area contributed by atoms with Crippen molar-refractivity contribution in [2.75, 3.05) is 7.05 Å². The predicted octanol–water partition coefficient (Wildman–Crippen LogP) is 1.17. The number of aliphatic imine (C=N–C) groups is 1. The number of halogens is 1. The van der Waals surface area contributed by atoms with E-state index in [0.29, 0.717) is 0 Å². The minimum atomic E-state index is -0.519. The van der Waals surface area contributed by atoms with Gasteiger partial charge in [0.05, 0.1) is 0 Å². The molecular weight excluding hydrogens is 81.0 g/mol. The molecule has 0 N–H and O–H groups in total. The van der Waals surface area contributed by atoms with Crippen LogP contribution in [0.5, 0.6) is 0 Å². The van der Waals surface area contributed by atoms with Crippen LogP contribution in [0.4, 0.5) is 4.39 Å². The molecule has 0 aromatic carbocycles. The highest BCUT2D eigenvalue weighted by molar-refractivity contribution is 5.85. The summed E-state index contributed by atoms with van der Waals surface area (Å²) in [4.78, 5) is 3.14. The molecule has 0 aliphatic rings. The van der Waals surface area contributed by atoms with Crippen LogP contribution in [0.2, 0.25) is 0 Å². The minimum absolute atomic E-state index is 0.519. The number of hydrogen-bond donors (Lipinski definition) is 0. The first-order valence-electron chi connectivity index (χ1n) is 1.56. The van der Waals surface area contributed by atoms with E-state index in [2.05, 4.69) is 11.6 Å². The van der Waals surface area contributed by atoms with E-state index in [0.717, 1.165) is 6.08 Å². The molecule has 0 radical (unpaired) electrons. The van der Waals surface area contributed by atoms with Crippen LogP contribution in [0.1, 0.15) is 0 Å². The molecule has 0 unspecified atom stereocenters. The van der Waals surface area contributed by atoms with Gasteiger partial charge < -0.3 is 0 Å². The average Bonchev–Trinajstić information content (AvgIpc) is 1.65. The van der Waals surface area contributed by atoms with Crippen molar-refractivity contribution >= 4 is 5.97 Å². The molecule has 0 saturated carbocycles. The summed E-state index contributed by atoms with van der Waals surface area (Å²) in [6.07, 6.45) is 1.06. The quantitative estimate of drug-likeness (QED) is 0.426. The molecule has 0 atom stereocenters. The third-order valence-corrected chi connectivity index (χ3v) is 0.382. The van der Waals surface area contributed by atoms with Gasteiger partial charge in [0.15, 0.2) is 0 Å². The molecule has 2 heteroatoms. The Morgan fingerprint density at radius 3 is 2.50 bits per heavy atom. The van der Waals surface area contributed by atoms with E-state index in [1.54, 1.807) is 0 Å². The zero-order chi connectivity index (χ0) is 4.99. The molecule has 0 aliphatic heterocycles. The van der Waals surface area contributed by atoms with Crippen molar-refractivity contribution < 1.29 is 4.39 Å². The summed E-state index contributed by atoms with van der Waals surface area (Å²) in [7, 11) is 1.37. The van der Waals surface area contributed by atoms with Crippen molar-refractivity contribution in [2.45, 2.75) is 0 Å². The van der Waals surface area contributed by atoms with Crippen molar-refractivity contribution in [3.63, 3.8) is 0 Å². The molecule has 0 heterocycles. The average molecular weight is 87.1 g/mol. The van der Waals surface area contributed by atoms with Crippen molar-refractivity contribution in [2.24, 2.45) is 4.99 Å². The van der Waals surface area contributed by atoms with Crippen molar-refractivity contribution in [1.29, 1.82) is 0 Å². The third-order valence-electron chi connectivity index (χ3n) is 0.382. The summed E-state index contributed by atoms with van der Waals surface area (Å²) < 4.78 is 11.5. The lowest BCUT2D eigenvalue weighted by molar-refractivity contribution is 0.810. The fourth-order valence-corrected chi connectivity index (χ4v) is 0.0913. The van der Waals surface area contributed by atoms with Crippen LogP contribution in [0.3, 0.4) is 0 Å². The number of allylic oxidation sites excluding steroid dienone is 1. The van der Waals surface area contributed by atoms with E-state index in [4.69, 9.17) is 0 Å². The van der Waals surface area contributed by atoms with Gasteiger partial charge in [-0.2, -0.15) is 4.39 Å². The van der Waals surface area contributed by atoms with Gasteiger partial charge in [0.25, 0.3) is 0 Å². The second-order valence-electron chi connectivity index (χ2n) is 0.750. The lowest BCUT2D eigenvalue weighted by Crippen LogP contribution is -1.74. The normalized spacial score (nSPS) is 11.3. The van der Waals surface area contributed by atoms with Gasteiger partial charge in [-0.1, -0.05) is 6.58 Å². The molecule has 0 aromatic rings. The summed E-state index contributed by atoms with van der Waals surface area (Å²) in [5.74, 6) is -0.519. The van der Waals surface area contributed by atoms with Crippen LogP contribution < -0.4 is 0 Å². The Hall–Kier alpha value is -0.660. The first kappa shape index (κ1) is 5.34. The maximum atomic E-state index is 11.5. The monoisotopic (exact) mass is 87.0 g/mol. The fourth-order valence-electron chi connectivity index (χ4n) is 0.0913. The van der Waals surface area contributed by atoms with Gasteiger partial charge in [-0.3, -0.25) is 4.99 Å². The predicted molar refractivity (Wildman–Crippen MR) is 24.7 cm³/mol. The Morgan fingerprint density at radius 1 is 2.00 bits per heavy atom. The van der Waals surface area contributed by atoms with Gasteiger partial charge >= 0.3 is 0 Å². The van der Waals surface area contributed by atoms with Gasteiger partial charge in [-0.25, -0.2) is 0 Å². The van der Waals surface area contributed by atoms with Crippen molar-refractivity contribution in [1.82, 2.24) is 0 Å². The summed E-state index contributed by atoms with van der Waals surface area (Å²) in [6.45, 7) is 3.13. The lowest BCUT2D eigenvalue weighted by Gasteiger charge is -1.72. The molecule has 0 saturated heterocycles. The SMILES string of the molecule is C=CC(F)=NC. The highest BCUT2D eigenvalue weighted by atomic mass is 19.1. The Bertz CT molecular complexity index is 75.6. The van der Waals surface area contributed by atoms with Crippen LogP contribution in [0, 0.1) is 0 Å². The molecule has 0 fully saturated rings. The molecule has 0 amide bonds. The smallest absolute Gasteiger partial charge is 0.207 e. The van der Waals surface area contributed by atoms with Crippen LogP contribution in [0.25, 0.3) is 0 Å². The first-order chi connectivity index (χ1) is 2.81. The van der Waals surface area contributed by atoms with E-state index in [1.165, 1.54) is 7.05 Å². The largest absolute Gasteiger partial charge is 0.261 e. The minimum Gasteiger partial charge on any atom is -0.261 e. The van der Waals surface area contributed by atoms with Crippen LogP contribution >= 0.6 is 0 Å².